The summed E-state index contributed by atoms with van der Waals surface area (Å²) in [7, 11) is 0. The molecule has 48 valence electrons. The molecule has 0 rings (SSSR count). The molecule has 0 aliphatic carbocycles. The molecule has 0 aromatic carbocycles. The first-order valence-electron chi connectivity index (χ1n) is 2.55. The van der Waals surface area contributed by atoms with Crippen molar-refractivity contribution < 1.29 is 9.59 Å². The highest BCUT2D eigenvalue weighted by Gasteiger charge is 1.83. The first kappa shape index (κ1) is 10.3. The summed E-state index contributed by atoms with van der Waals surface area (Å²) in [5, 5.41) is 0. The minimum Gasteiger partial charge on any atom is -0.307 e. The van der Waals surface area contributed by atoms with Crippen molar-refractivity contribution in [3.8, 4) is 0 Å². The zero-order valence-electron chi connectivity index (χ0n) is 5.44. The van der Waals surface area contributed by atoms with Crippen molar-refractivity contribution in [2.24, 2.45) is 0 Å². The number of hydrogen-bond acceptors (Lipinski definition) is 2. The van der Waals surface area contributed by atoms with Gasteiger partial charge in [-0.1, -0.05) is 6.92 Å². The highest BCUT2D eigenvalue weighted by Crippen LogP contribution is 1.84. The second-order valence-corrected chi connectivity index (χ2v) is 1.45. The number of carbonyl (C=O) groups excluding carboxylic acids is 2. The highest BCUT2D eigenvalue weighted by molar-refractivity contribution is 5.75. The maximum Gasteiger partial charge on any atom is 0.129 e. The van der Waals surface area contributed by atoms with E-state index < -0.39 is 0 Å². The summed E-state index contributed by atoms with van der Waals surface area (Å²) >= 11 is 0. The molecule has 0 heterocycles. The van der Waals surface area contributed by atoms with Gasteiger partial charge in [0.05, 0.1) is 0 Å². The molecular formula is C6H12O2. The van der Waals surface area contributed by atoms with Crippen LogP contribution < -0.4 is 0 Å². The quantitative estimate of drug-likeness (QED) is 0.543. The van der Waals surface area contributed by atoms with Gasteiger partial charge in [-0.05, 0) is 13.3 Å². The summed E-state index contributed by atoms with van der Waals surface area (Å²) < 4.78 is 0. The van der Waals surface area contributed by atoms with E-state index in [2.05, 4.69) is 0 Å². The van der Waals surface area contributed by atoms with Crippen LogP contribution in [0.15, 0.2) is 0 Å². The van der Waals surface area contributed by atoms with Crippen molar-refractivity contribution >= 4 is 12.6 Å². The maximum atomic E-state index is 10.0. The molecule has 0 aromatic heterocycles. The minimum absolute atomic E-state index is 0.289. The van der Waals surface area contributed by atoms with Gasteiger partial charge in [0.25, 0.3) is 0 Å². The third kappa shape index (κ3) is 18.4. The zero-order chi connectivity index (χ0) is 6.99. The van der Waals surface area contributed by atoms with Gasteiger partial charge in [0.2, 0.25) is 0 Å². The van der Waals surface area contributed by atoms with E-state index in [0.717, 1.165) is 12.8 Å². The zero-order valence-corrected chi connectivity index (χ0v) is 5.44. The van der Waals surface area contributed by atoms with E-state index in [1.807, 2.05) is 13.7 Å². The first-order chi connectivity index (χ1) is 3.77. The molecule has 0 aliphatic rings. The van der Waals surface area contributed by atoms with Gasteiger partial charge in [0.15, 0.2) is 0 Å². The summed E-state index contributed by atoms with van der Waals surface area (Å²) in [6, 6.07) is 0. The van der Waals surface area contributed by atoms with Crippen LogP contribution in [0.25, 0.3) is 0 Å². The topological polar surface area (TPSA) is 34.1 Å². The lowest BCUT2D eigenvalue weighted by atomic mass is 10.3. The Balaban J connectivity index is 0. The molecular weight excluding hydrogens is 104 g/mol. The van der Waals surface area contributed by atoms with E-state index in [1.54, 1.807) is 6.92 Å². The first-order valence-corrected chi connectivity index (χ1v) is 2.55. The summed E-state index contributed by atoms with van der Waals surface area (Å²) in [6.45, 7) is 5.62. The minimum atomic E-state index is 0.289. The average molecular weight is 116 g/mol. The molecule has 0 unspecified atom stereocenters. The summed E-state index contributed by atoms with van der Waals surface area (Å²) in [5.74, 6) is 0.289. The highest BCUT2D eigenvalue weighted by atomic mass is 16.1. The SMILES string of the molecule is C=O.CCCC(C)=O. The predicted molar refractivity (Wildman–Crippen MR) is 32.7 cm³/mol. The van der Waals surface area contributed by atoms with Crippen LogP contribution in [0.2, 0.25) is 0 Å². The van der Waals surface area contributed by atoms with Gasteiger partial charge in [-0.25, -0.2) is 0 Å². The van der Waals surface area contributed by atoms with Crippen molar-refractivity contribution in [2.75, 3.05) is 0 Å². The monoisotopic (exact) mass is 116 g/mol. The molecule has 8 heavy (non-hydrogen) atoms. The van der Waals surface area contributed by atoms with E-state index >= 15 is 0 Å². The molecule has 2 heteroatoms. The number of Topliss-reactive ketones (excluding diaryl/α,β-unsaturated/α-hetero) is 1. The van der Waals surface area contributed by atoms with E-state index in [0.29, 0.717) is 0 Å². The van der Waals surface area contributed by atoms with Crippen molar-refractivity contribution in [1.29, 1.82) is 0 Å². The van der Waals surface area contributed by atoms with Gasteiger partial charge < -0.3 is 9.59 Å². The van der Waals surface area contributed by atoms with Crippen LogP contribution in [0.4, 0.5) is 0 Å². The smallest absolute Gasteiger partial charge is 0.129 e. The van der Waals surface area contributed by atoms with E-state index in [-0.39, 0.29) is 5.78 Å². The van der Waals surface area contributed by atoms with Crippen LogP contribution in [0, 0.1) is 0 Å². The predicted octanol–water partition coefficient (Wildman–Crippen LogP) is 1.19. The van der Waals surface area contributed by atoms with Crippen LogP contribution in [-0.2, 0) is 9.59 Å². The van der Waals surface area contributed by atoms with Gasteiger partial charge in [-0.15, -0.1) is 0 Å². The standard InChI is InChI=1S/C5H10O.CH2O/c1-3-4-5(2)6;1-2/h3-4H2,1-2H3;1H2. The van der Waals surface area contributed by atoms with Crippen LogP contribution in [0.1, 0.15) is 26.7 Å². The van der Waals surface area contributed by atoms with Crippen molar-refractivity contribution in [1.82, 2.24) is 0 Å². The van der Waals surface area contributed by atoms with Crippen LogP contribution >= 0.6 is 0 Å². The number of hydrogen-bond donors (Lipinski definition) is 0. The number of ketones is 1. The molecule has 0 saturated carbocycles. The van der Waals surface area contributed by atoms with Gasteiger partial charge in [-0.2, -0.15) is 0 Å². The van der Waals surface area contributed by atoms with Gasteiger partial charge in [-0.3, -0.25) is 0 Å². The molecule has 0 saturated heterocycles. The van der Waals surface area contributed by atoms with E-state index in [4.69, 9.17) is 4.79 Å². The molecule has 0 radical (unpaired) electrons. The third-order valence-electron chi connectivity index (χ3n) is 0.602. The lowest BCUT2D eigenvalue weighted by molar-refractivity contribution is -0.117. The average Bonchev–Trinajstić information content (AvgIpc) is 1.72. The normalized spacial score (nSPS) is 6.75. The Kier molecular flexibility index (Phi) is 12.4. The van der Waals surface area contributed by atoms with Crippen molar-refractivity contribution in [3.05, 3.63) is 0 Å². The molecule has 0 N–H and O–H groups in total. The van der Waals surface area contributed by atoms with Crippen molar-refractivity contribution in [3.63, 3.8) is 0 Å². The second-order valence-electron chi connectivity index (χ2n) is 1.45. The van der Waals surface area contributed by atoms with E-state index in [1.165, 1.54) is 0 Å². The summed E-state index contributed by atoms with van der Waals surface area (Å²) in [6.07, 6.45) is 1.72. The Hall–Kier alpha value is -0.660. The maximum absolute atomic E-state index is 10.0. The van der Waals surface area contributed by atoms with Gasteiger partial charge in [0.1, 0.15) is 12.6 Å². The molecule has 0 fully saturated rings. The molecule has 0 aliphatic heterocycles. The number of carbonyl (C=O) groups is 2. The van der Waals surface area contributed by atoms with Gasteiger partial charge in [0, 0.05) is 6.42 Å². The molecule has 0 aromatic rings. The fraction of sp³-hybridized carbons (Fsp3) is 0.667. The lowest BCUT2D eigenvalue weighted by Crippen LogP contribution is -1.84. The largest absolute Gasteiger partial charge is 0.307 e. The Bertz CT molecular complexity index is 59.5. The Morgan fingerprint density at radius 1 is 1.50 bits per heavy atom. The lowest BCUT2D eigenvalue weighted by Gasteiger charge is -1.80. The molecule has 2 nitrogen and oxygen atoms in total. The Morgan fingerprint density at radius 3 is 1.88 bits per heavy atom. The van der Waals surface area contributed by atoms with Crippen LogP contribution in [0.5, 0.6) is 0 Å². The second kappa shape index (κ2) is 9.60. The van der Waals surface area contributed by atoms with Gasteiger partial charge >= 0.3 is 0 Å². The van der Waals surface area contributed by atoms with E-state index in [9.17, 15) is 4.79 Å². The van der Waals surface area contributed by atoms with Crippen LogP contribution in [0.3, 0.4) is 0 Å². The number of rotatable bonds is 2. The fourth-order valence-corrected chi connectivity index (χ4v) is 0.352. The molecule has 0 atom stereocenters. The summed E-state index contributed by atoms with van der Waals surface area (Å²) in [5.41, 5.74) is 0. The van der Waals surface area contributed by atoms with Crippen molar-refractivity contribution in [2.45, 2.75) is 26.7 Å². The Labute approximate surface area is 49.9 Å². The molecule has 0 spiro atoms. The Morgan fingerprint density at radius 2 is 1.88 bits per heavy atom. The summed E-state index contributed by atoms with van der Waals surface area (Å²) in [4.78, 5) is 18.0. The van der Waals surface area contributed by atoms with Crippen LogP contribution in [-0.4, -0.2) is 12.6 Å². The third-order valence-corrected chi connectivity index (χ3v) is 0.602. The molecule has 0 bridgehead atoms. The fourth-order valence-electron chi connectivity index (χ4n) is 0.352. The molecule has 0 amide bonds.